The van der Waals surface area contributed by atoms with Gasteiger partial charge in [0.1, 0.15) is 0 Å². The maximum Gasteiger partial charge on any atom is 0.0765 e. The summed E-state index contributed by atoms with van der Waals surface area (Å²) in [6.45, 7) is 5.34. The minimum atomic E-state index is -0.667. The molecule has 0 saturated carbocycles. The SMILES string of the molecule is CC(C)(O)CN1CCCc2c(N)cccc21.Cl. The summed E-state index contributed by atoms with van der Waals surface area (Å²) in [4.78, 5) is 2.23. The maximum absolute atomic E-state index is 9.89. The third-order valence-electron chi connectivity index (χ3n) is 2.96. The maximum atomic E-state index is 9.89. The summed E-state index contributed by atoms with van der Waals surface area (Å²) < 4.78 is 0. The number of fused-ring (bicyclic) bond motifs is 1. The number of anilines is 2. The van der Waals surface area contributed by atoms with Crippen LogP contribution in [-0.4, -0.2) is 23.8 Å². The van der Waals surface area contributed by atoms with E-state index in [2.05, 4.69) is 11.0 Å². The second kappa shape index (κ2) is 5.15. The quantitative estimate of drug-likeness (QED) is 0.798. The lowest BCUT2D eigenvalue weighted by atomic mass is 9.98. The van der Waals surface area contributed by atoms with Gasteiger partial charge in [-0.2, -0.15) is 0 Å². The lowest BCUT2D eigenvalue weighted by molar-refractivity contribution is 0.0870. The third kappa shape index (κ3) is 3.27. The van der Waals surface area contributed by atoms with Gasteiger partial charge in [-0.1, -0.05) is 6.07 Å². The van der Waals surface area contributed by atoms with Gasteiger partial charge in [-0.05, 0) is 44.4 Å². The molecule has 0 radical (unpaired) electrons. The number of benzene rings is 1. The van der Waals surface area contributed by atoms with Crippen LogP contribution in [0.2, 0.25) is 0 Å². The van der Waals surface area contributed by atoms with Gasteiger partial charge in [-0.25, -0.2) is 0 Å². The highest BCUT2D eigenvalue weighted by molar-refractivity contribution is 5.85. The molecule has 0 fully saturated rings. The Morgan fingerprint density at radius 3 is 2.76 bits per heavy atom. The second-order valence-corrected chi connectivity index (χ2v) is 5.18. The Hall–Kier alpha value is -0.930. The molecule has 0 saturated heterocycles. The molecule has 3 N–H and O–H groups in total. The highest BCUT2D eigenvalue weighted by Gasteiger charge is 2.23. The Bertz CT molecular complexity index is 387. The van der Waals surface area contributed by atoms with Crippen LogP contribution in [0.15, 0.2) is 18.2 Å². The lowest BCUT2D eigenvalue weighted by Crippen LogP contribution is -2.41. The van der Waals surface area contributed by atoms with Crippen molar-refractivity contribution in [3.05, 3.63) is 23.8 Å². The van der Waals surface area contributed by atoms with Crippen LogP contribution in [0.1, 0.15) is 25.8 Å². The van der Waals surface area contributed by atoms with Gasteiger partial charge in [-0.15, -0.1) is 12.4 Å². The van der Waals surface area contributed by atoms with Crippen LogP contribution in [0.3, 0.4) is 0 Å². The zero-order valence-electron chi connectivity index (χ0n) is 10.4. The van der Waals surface area contributed by atoms with E-state index in [4.69, 9.17) is 5.73 Å². The smallest absolute Gasteiger partial charge is 0.0765 e. The van der Waals surface area contributed by atoms with E-state index in [-0.39, 0.29) is 12.4 Å². The van der Waals surface area contributed by atoms with E-state index < -0.39 is 5.60 Å². The fourth-order valence-corrected chi connectivity index (χ4v) is 2.36. The number of nitrogens with zero attached hydrogens (tertiary/aromatic N) is 1. The standard InChI is InChI=1S/C13H20N2O.ClH/c1-13(2,16)9-15-8-4-5-10-11(14)6-3-7-12(10)15;/h3,6-7,16H,4-5,8-9,14H2,1-2H3;1H. The molecule has 1 aromatic rings. The van der Waals surface area contributed by atoms with Crippen molar-refractivity contribution in [2.45, 2.75) is 32.3 Å². The van der Waals surface area contributed by atoms with Crippen molar-refractivity contribution in [2.75, 3.05) is 23.7 Å². The first-order chi connectivity index (χ1) is 7.47. The molecule has 1 heterocycles. The summed E-state index contributed by atoms with van der Waals surface area (Å²) in [5.41, 5.74) is 8.61. The van der Waals surface area contributed by atoms with Crippen molar-refractivity contribution in [1.82, 2.24) is 0 Å². The van der Waals surface area contributed by atoms with Crippen molar-refractivity contribution in [3.8, 4) is 0 Å². The largest absolute Gasteiger partial charge is 0.398 e. The van der Waals surface area contributed by atoms with Crippen LogP contribution in [0.5, 0.6) is 0 Å². The number of nitrogen functional groups attached to an aromatic ring is 1. The highest BCUT2D eigenvalue weighted by Crippen LogP contribution is 2.31. The zero-order chi connectivity index (χ0) is 11.8. The van der Waals surface area contributed by atoms with Crippen LogP contribution in [0.25, 0.3) is 0 Å². The molecule has 0 amide bonds. The fraction of sp³-hybridized carbons (Fsp3) is 0.538. The van der Waals surface area contributed by atoms with Crippen LogP contribution in [0, 0.1) is 0 Å². The Kier molecular flexibility index (Phi) is 4.28. The number of rotatable bonds is 2. The van der Waals surface area contributed by atoms with Crippen LogP contribution < -0.4 is 10.6 Å². The Morgan fingerprint density at radius 1 is 1.41 bits per heavy atom. The van der Waals surface area contributed by atoms with Crippen molar-refractivity contribution in [1.29, 1.82) is 0 Å². The molecule has 1 aliphatic rings. The molecule has 3 nitrogen and oxygen atoms in total. The van der Waals surface area contributed by atoms with Gasteiger partial charge in [0.25, 0.3) is 0 Å². The summed E-state index contributed by atoms with van der Waals surface area (Å²) in [6.07, 6.45) is 2.15. The summed E-state index contributed by atoms with van der Waals surface area (Å²) in [5.74, 6) is 0. The number of hydrogen-bond donors (Lipinski definition) is 2. The predicted octanol–water partition coefficient (Wildman–Crippen LogP) is 2.21. The van der Waals surface area contributed by atoms with Gasteiger partial charge in [0.05, 0.1) is 5.60 Å². The number of β-amino-alcohol motifs (C(OH)–C–C–N with tert-alkyl or cyclic N) is 1. The van der Waals surface area contributed by atoms with Crippen molar-refractivity contribution < 1.29 is 5.11 Å². The first-order valence-electron chi connectivity index (χ1n) is 5.82. The van der Waals surface area contributed by atoms with Gasteiger partial charge in [-0.3, -0.25) is 0 Å². The molecule has 17 heavy (non-hydrogen) atoms. The molecule has 2 rings (SSSR count). The third-order valence-corrected chi connectivity index (χ3v) is 2.96. The van der Waals surface area contributed by atoms with Crippen LogP contribution >= 0.6 is 12.4 Å². The van der Waals surface area contributed by atoms with Crippen molar-refractivity contribution in [3.63, 3.8) is 0 Å². The molecule has 0 unspecified atom stereocenters. The molecular weight excluding hydrogens is 236 g/mol. The Balaban J connectivity index is 0.00000144. The lowest BCUT2D eigenvalue weighted by Gasteiger charge is -2.35. The normalized spacial score (nSPS) is 15.1. The molecule has 1 aliphatic heterocycles. The van der Waals surface area contributed by atoms with Gasteiger partial charge >= 0.3 is 0 Å². The Morgan fingerprint density at radius 2 is 2.12 bits per heavy atom. The van der Waals surface area contributed by atoms with E-state index in [1.165, 1.54) is 11.3 Å². The Labute approximate surface area is 109 Å². The van der Waals surface area contributed by atoms with Crippen LogP contribution in [0.4, 0.5) is 11.4 Å². The monoisotopic (exact) mass is 256 g/mol. The van der Waals surface area contributed by atoms with Gasteiger partial charge in [0.15, 0.2) is 0 Å². The average Bonchev–Trinajstić information content (AvgIpc) is 2.17. The van der Waals surface area contributed by atoms with Crippen molar-refractivity contribution in [2.24, 2.45) is 0 Å². The second-order valence-electron chi connectivity index (χ2n) is 5.18. The molecule has 0 atom stereocenters. The molecule has 4 heteroatoms. The minimum Gasteiger partial charge on any atom is -0.398 e. The molecule has 0 aliphatic carbocycles. The molecule has 0 aromatic heterocycles. The molecule has 96 valence electrons. The molecule has 0 spiro atoms. The van der Waals surface area contributed by atoms with E-state index in [1.807, 2.05) is 26.0 Å². The zero-order valence-corrected chi connectivity index (χ0v) is 11.3. The summed E-state index contributed by atoms with van der Waals surface area (Å²) in [7, 11) is 0. The first kappa shape index (κ1) is 14.1. The number of halogens is 1. The molecule has 0 bridgehead atoms. The summed E-state index contributed by atoms with van der Waals surface area (Å²) in [5, 5.41) is 9.89. The summed E-state index contributed by atoms with van der Waals surface area (Å²) in [6, 6.07) is 6.03. The average molecular weight is 257 g/mol. The van der Waals surface area contributed by atoms with E-state index in [0.717, 1.165) is 25.1 Å². The van der Waals surface area contributed by atoms with E-state index in [0.29, 0.717) is 6.54 Å². The predicted molar refractivity (Wildman–Crippen MR) is 74.9 cm³/mol. The van der Waals surface area contributed by atoms with E-state index in [9.17, 15) is 5.11 Å². The van der Waals surface area contributed by atoms with Crippen molar-refractivity contribution >= 4 is 23.8 Å². The van der Waals surface area contributed by atoms with Crippen LogP contribution in [-0.2, 0) is 6.42 Å². The topological polar surface area (TPSA) is 49.5 Å². The van der Waals surface area contributed by atoms with E-state index in [1.54, 1.807) is 0 Å². The molecular formula is C13H21ClN2O. The number of aliphatic hydroxyl groups is 1. The number of hydrogen-bond acceptors (Lipinski definition) is 3. The number of nitrogens with two attached hydrogens (primary N) is 1. The van der Waals surface area contributed by atoms with E-state index >= 15 is 0 Å². The highest BCUT2D eigenvalue weighted by atomic mass is 35.5. The molecule has 1 aromatic carbocycles. The first-order valence-corrected chi connectivity index (χ1v) is 5.82. The minimum absolute atomic E-state index is 0. The van der Waals surface area contributed by atoms with Gasteiger partial charge < -0.3 is 15.7 Å². The summed E-state index contributed by atoms with van der Waals surface area (Å²) >= 11 is 0. The fourth-order valence-electron chi connectivity index (χ4n) is 2.36. The van der Waals surface area contributed by atoms with Gasteiger partial charge in [0.2, 0.25) is 0 Å². The van der Waals surface area contributed by atoms with Gasteiger partial charge in [0, 0.05) is 24.5 Å².